The summed E-state index contributed by atoms with van der Waals surface area (Å²) in [6, 6.07) is 5.24. The molecular weight excluding hydrogens is 230 g/mol. The van der Waals surface area contributed by atoms with Crippen molar-refractivity contribution in [3.05, 3.63) is 29.8 Å². The normalized spacial score (nSPS) is 13.9. The van der Waals surface area contributed by atoms with E-state index in [1.54, 1.807) is 0 Å². The Labute approximate surface area is 88.7 Å². The van der Waals surface area contributed by atoms with Crippen LogP contribution in [-0.4, -0.2) is 12.1 Å². The van der Waals surface area contributed by atoms with Crippen LogP contribution in [0, 0.1) is 0 Å². The number of thioether (sulfide) groups is 1. The van der Waals surface area contributed by atoms with Crippen molar-refractivity contribution < 1.29 is 17.6 Å². The molecule has 1 aromatic rings. The van der Waals surface area contributed by atoms with Crippen LogP contribution in [-0.2, 0) is 0 Å². The number of rotatable bonds is 3. The Kier molecular flexibility index (Phi) is 3.98. The van der Waals surface area contributed by atoms with Gasteiger partial charge < -0.3 is 5.73 Å². The van der Waals surface area contributed by atoms with E-state index in [9.17, 15) is 17.6 Å². The lowest BCUT2D eigenvalue weighted by atomic mass is 10.1. The third-order valence-corrected chi connectivity index (χ3v) is 2.38. The Morgan fingerprint density at radius 3 is 2.53 bits per heavy atom. The van der Waals surface area contributed by atoms with Crippen LogP contribution in [0.4, 0.5) is 17.6 Å². The molecule has 0 amide bonds. The van der Waals surface area contributed by atoms with E-state index < -0.39 is 11.7 Å². The maximum Gasteiger partial charge on any atom is 0.446 e. The lowest BCUT2D eigenvalue weighted by Gasteiger charge is -2.09. The first kappa shape index (κ1) is 12.3. The van der Waals surface area contributed by atoms with Crippen molar-refractivity contribution >= 4 is 11.8 Å². The average Bonchev–Trinajstić information content (AvgIpc) is 2.14. The molecule has 0 radical (unpaired) electrons. The molecule has 1 nitrogen and oxygen atoms in total. The predicted molar refractivity (Wildman–Crippen MR) is 51.3 cm³/mol. The van der Waals surface area contributed by atoms with Crippen molar-refractivity contribution in [3.63, 3.8) is 0 Å². The van der Waals surface area contributed by atoms with Crippen LogP contribution in [0.3, 0.4) is 0 Å². The standard InChI is InChI=1S/C9H9F4NS/c10-8(5-14)6-2-1-3-7(4-6)15-9(11,12)13/h1-4,8H,5,14H2. The topological polar surface area (TPSA) is 26.0 Å². The maximum atomic E-state index is 13.1. The molecule has 15 heavy (non-hydrogen) atoms. The van der Waals surface area contributed by atoms with Crippen molar-refractivity contribution in [1.82, 2.24) is 0 Å². The van der Waals surface area contributed by atoms with Crippen LogP contribution in [0.2, 0.25) is 0 Å². The van der Waals surface area contributed by atoms with Gasteiger partial charge in [-0.25, -0.2) is 4.39 Å². The summed E-state index contributed by atoms with van der Waals surface area (Å²) in [6.45, 7) is -0.236. The number of hydrogen-bond donors (Lipinski definition) is 1. The minimum absolute atomic E-state index is 0.0314. The molecule has 1 unspecified atom stereocenters. The van der Waals surface area contributed by atoms with Gasteiger partial charge in [-0.05, 0) is 29.5 Å². The summed E-state index contributed by atoms with van der Waals surface area (Å²) in [5.41, 5.74) is 0.896. The summed E-state index contributed by atoms with van der Waals surface area (Å²) >= 11 is -0.265. The lowest BCUT2D eigenvalue weighted by molar-refractivity contribution is -0.0328. The van der Waals surface area contributed by atoms with Crippen LogP contribution in [0.25, 0.3) is 0 Å². The van der Waals surface area contributed by atoms with Crippen molar-refractivity contribution in [2.75, 3.05) is 6.54 Å². The van der Waals surface area contributed by atoms with Gasteiger partial charge in [0.2, 0.25) is 0 Å². The maximum absolute atomic E-state index is 13.1. The molecule has 1 aromatic carbocycles. The minimum atomic E-state index is -4.35. The third-order valence-electron chi connectivity index (χ3n) is 1.66. The summed E-state index contributed by atoms with van der Waals surface area (Å²) in [5.74, 6) is 0. The molecule has 0 heterocycles. The van der Waals surface area contributed by atoms with Gasteiger partial charge >= 0.3 is 5.51 Å². The monoisotopic (exact) mass is 239 g/mol. The fraction of sp³-hybridized carbons (Fsp3) is 0.333. The highest BCUT2D eigenvalue weighted by Crippen LogP contribution is 2.37. The van der Waals surface area contributed by atoms with E-state index in [0.717, 1.165) is 6.07 Å². The number of halogens is 4. The first-order valence-corrected chi connectivity index (χ1v) is 4.94. The predicted octanol–water partition coefficient (Wildman–Crippen LogP) is 3.27. The molecule has 0 aliphatic carbocycles. The van der Waals surface area contributed by atoms with E-state index in [1.807, 2.05) is 0 Å². The smallest absolute Gasteiger partial charge is 0.327 e. The van der Waals surface area contributed by atoms with Crippen LogP contribution in [0.1, 0.15) is 11.7 Å². The fourth-order valence-electron chi connectivity index (χ4n) is 1.04. The first-order valence-electron chi connectivity index (χ1n) is 4.12. The van der Waals surface area contributed by atoms with Gasteiger partial charge in [-0.3, -0.25) is 0 Å². The zero-order chi connectivity index (χ0) is 11.5. The summed E-state index contributed by atoms with van der Waals surface area (Å²) < 4.78 is 49.1. The highest BCUT2D eigenvalue weighted by molar-refractivity contribution is 8.00. The Morgan fingerprint density at radius 1 is 1.33 bits per heavy atom. The zero-order valence-corrected chi connectivity index (χ0v) is 8.41. The SMILES string of the molecule is NCC(F)c1cccc(SC(F)(F)F)c1. The van der Waals surface area contributed by atoms with Crippen molar-refractivity contribution in [2.24, 2.45) is 5.73 Å². The minimum Gasteiger partial charge on any atom is -0.327 e. The van der Waals surface area contributed by atoms with Gasteiger partial charge in [0.25, 0.3) is 0 Å². The van der Waals surface area contributed by atoms with Gasteiger partial charge in [-0.2, -0.15) is 13.2 Å². The number of hydrogen-bond acceptors (Lipinski definition) is 2. The second-order valence-corrected chi connectivity index (χ2v) is 3.96. The molecule has 0 saturated heterocycles. The number of alkyl halides is 4. The van der Waals surface area contributed by atoms with Gasteiger partial charge in [-0.15, -0.1) is 0 Å². The molecule has 0 spiro atoms. The second-order valence-electron chi connectivity index (χ2n) is 2.82. The Morgan fingerprint density at radius 2 is 2.00 bits per heavy atom. The summed E-state index contributed by atoms with van der Waals surface area (Å²) in [5, 5.41) is 0. The van der Waals surface area contributed by atoms with E-state index in [1.165, 1.54) is 18.2 Å². The van der Waals surface area contributed by atoms with Gasteiger partial charge in [-0.1, -0.05) is 12.1 Å². The van der Waals surface area contributed by atoms with Crippen LogP contribution < -0.4 is 5.73 Å². The van der Waals surface area contributed by atoms with Crippen LogP contribution in [0.15, 0.2) is 29.2 Å². The Hall–Kier alpha value is -0.750. The molecule has 6 heteroatoms. The first-order chi connectivity index (χ1) is 6.92. The van der Waals surface area contributed by atoms with Crippen molar-refractivity contribution in [2.45, 2.75) is 16.6 Å². The van der Waals surface area contributed by atoms with E-state index >= 15 is 0 Å². The van der Waals surface area contributed by atoms with E-state index in [-0.39, 0.29) is 28.8 Å². The Balaban J connectivity index is 2.83. The van der Waals surface area contributed by atoms with Crippen LogP contribution in [0.5, 0.6) is 0 Å². The molecule has 0 fully saturated rings. The third kappa shape index (κ3) is 4.09. The Bertz CT molecular complexity index is 326. The van der Waals surface area contributed by atoms with Gasteiger partial charge in [0, 0.05) is 11.4 Å². The van der Waals surface area contributed by atoms with Gasteiger partial charge in [0.05, 0.1) is 0 Å². The summed E-state index contributed by atoms with van der Waals surface area (Å²) in [7, 11) is 0. The molecule has 0 bridgehead atoms. The van der Waals surface area contributed by atoms with Crippen molar-refractivity contribution in [3.8, 4) is 0 Å². The molecule has 0 aromatic heterocycles. The lowest BCUT2D eigenvalue weighted by Crippen LogP contribution is -2.07. The van der Waals surface area contributed by atoms with Crippen LogP contribution >= 0.6 is 11.8 Å². The highest BCUT2D eigenvalue weighted by atomic mass is 32.2. The zero-order valence-electron chi connectivity index (χ0n) is 7.59. The number of benzene rings is 1. The van der Waals surface area contributed by atoms with Gasteiger partial charge in [0.15, 0.2) is 0 Å². The summed E-state index contributed by atoms with van der Waals surface area (Å²) in [4.78, 5) is -0.0314. The molecule has 0 saturated carbocycles. The molecule has 0 aliphatic heterocycles. The fourth-order valence-corrected chi connectivity index (χ4v) is 1.65. The molecule has 2 N–H and O–H groups in total. The molecule has 1 atom stereocenters. The highest BCUT2D eigenvalue weighted by Gasteiger charge is 2.29. The average molecular weight is 239 g/mol. The van der Waals surface area contributed by atoms with E-state index in [2.05, 4.69) is 0 Å². The summed E-state index contributed by atoms with van der Waals surface area (Å²) in [6.07, 6.45) is -1.42. The largest absolute Gasteiger partial charge is 0.446 e. The van der Waals surface area contributed by atoms with E-state index in [4.69, 9.17) is 5.73 Å². The van der Waals surface area contributed by atoms with E-state index in [0.29, 0.717) is 0 Å². The molecule has 84 valence electrons. The molecule has 0 aliphatic rings. The molecular formula is C9H9F4NS. The number of nitrogens with two attached hydrogens (primary N) is 1. The van der Waals surface area contributed by atoms with Crippen molar-refractivity contribution in [1.29, 1.82) is 0 Å². The van der Waals surface area contributed by atoms with Gasteiger partial charge in [0.1, 0.15) is 6.17 Å². The quantitative estimate of drug-likeness (QED) is 0.647. The second kappa shape index (κ2) is 4.85. The molecule has 1 rings (SSSR count).